The zero-order valence-electron chi connectivity index (χ0n) is 10.3. The fourth-order valence-electron chi connectivity index (χ4n) is 2.14. The molecule has 0 bridgehead atoms. The maximum absolute atomic E-state index is 12.5. The molecule has 2 rings (SSSR count). The zero-order valence-corrected chi connectivity index (χ0v) is 12.7. The molecule has 1 aromatic heterocycles. The largest absolute Gasteiger partial charge is 0.252 e. The summed E-state index contributed by atoms with van der Waals surface area (Å²) in [6, 6.07) is 1.70. The lowest BCUT2D eigenvalue weighted by Gasteiger charge is -2.23. The van der Waals surface area contributed by atoms with Gasteiger partial charge in [-0.05, 0) is 29.9 Å². The highest BCUT2D eigenvalue weighted by Gasteiger charge is 2.25. The van der Waals surface area contributed by atoms with Crippen molar-refractivity contribution >= 4 is 33.0 Å². The fraction of sp³-hybridized carbons (Fsp3) is 0.667. The molecule has 0 N–H and O–H groups in total. The Morgan fingerprint density at radius 2 is 1.78 bits per heavy atom. The maximum atomic E-state index is 12.5. The second-order valence-electron chi connectivity index (χ2n) is 4.58. The zero-order chi connectivity index (χ0) is 13.0. The lowest BCUT2D eigenvalue weighted by molar-refractivity contribution is 0.365. The van der Waals surface area contributed by atoms with E-state index in [0.717, 1.165) is 31.2 Å². The van der Waals surface area contributed by atoms with Crippen molar-refractivity contribution in [3.63, 3.8) is 0 Å². The van der Waals surface area contributed by atoms with Gasteiger partial charge in [0.05, 0.1) is 0 Å². The molecule has 1 aromatic rings. The highest BCUT2D eigenvalue weighted by Crippen LogP contribution is 2.26. The lowest BCUT2D eigenvalue weighted by atomic mass is 10.1. The van der Waals surface area contributed by atoms with E-state index in [0.29, 0.717) is 23.2 Å². The van der Waals surface area contributed by atoms with Crippen LogP contribution in [0.4, 0.5) is 0 Å². The van der Waals surface area contributed by atoms with Crippen LogP contribution < -0.4 is 0 Å². The van der Waals surface area contributed by atoms with Crippen molar-refractivity contribution in [3.05, 3.63) is 17.0 Å². The van der Waals surface area contributed by atoms with Crippen LogP contribution in [-0.4, -0.2) is 25.8 Å². The summed E-state index contributed by atoms with van der Waals surface area (Å²) in [4.78, 5) is 0. The highest BCUT2D eigenvalue weighted by molar-refractivity contribution is 7.91. The number of alkyl halides is 1. The quantitative estimate of drug-likeness (QED) is 0.802. The fourth-order valence-corrected chi connectivity index (χ4v) is 5.27. The molecule has 18 heavy (non-hydrogen) atoms. The Bertz CT molecular complexity index is 476. The topological polar surface area (TPSA) is 37.4 Å². The summed E-state index contributed by atoms with van der Waals surface area (Å²) in [5.74, 6) is 0.367. The molecule has 0 unspecified atom stereocenters. The first-order valence-corrected chi connectivity index (χ1v) is 9.13. The van der Waals surface area contributed by atoms with Crippen LogP contribution in [-0.2, 0) is 15.9 Å². The Morgan fingerprint density at radius 3 is 2.33 bits per heavy atom. The van der Waals surface area contributed by atoms with Gasteiger partial charge in [0.2, 0.25) is 0 Å². The highest BCUT2D eigenvalue weighted by atomic mass is 35.5. The SMILES string of the molecule is O=S(=O)(c1cc(CCl)cs1)N1CCCCCCC1. The van der Waals surface area contributed by atoms with Crippen LogP contribution in [0, 0.1) is 0 Å². The van der Waals surface area contributed by atoms with Gasteiger partial charge in [-0.25, -0.2) is 8.42 Å². The molecule has 0 atom stereocenters. The molecule has 0 spiro atoms. The van der Waals surface area contributed by atoms with Crippen LogP contribution in [0.5, 0.6) is 0 Å². The molecule has 1 fully saturated rings. The molecule has 3 nitrogen and oxygen atoms in total. The van der Waals surface area contributed by atoms with Crippen LogP contribution in [0.1, 0.15) is 37.7 Å². The number of hydrogen-bond donors (Lipinski definition) is 0. The van der Waals surface area contributed by atoms with Gasteiger partial charge in [-0.3, -0.25) is 0 Å². The van der Waals surface area contributed by atoms with Crippen molar-refractivity contribution in [2.24, 2.45) is 0 Å². The van der Waals surface area contributed by atoms with Gasteiger partial charge in [0, 0.05) is 19.0 Å². The molecule has 1 aliphatic heterocycles. The number of rotatable bonds is 3. The second kappa shape index (κ2) is 6.37. The van der Waals surface area contributed by atoms with Crippen molar-refractivity contribution < 1.29 is 8.42 Å². The summed E-state index contributed by atoms with van der Waals surface area (Å²) in [5, 5.41) is 1.82. The van der Waals surface area contributed by atoms with Crippen molar-refractivity contribution in [3.8, 4) is 0 Å². The third kappa shape index (κ3) is 3.26. The predicted molar refractivity (Wildman–Crippen MR) is 75.7 cm³/mol. The summed E-state index contributed by atoms with van der Waals surface area (Å²) < 4.78 is 27.0. The first-order valence-electron chi connectivity index (χ1n) is 6.28. The van der Waals surface area contributed by atoms with Gasteiger partial charge in [0.15, 0.2) is 0 Å². The molecule has 0 saturated carbocycles. The van der Waals surface area contributed by atoms with Crippen LogP contribution in [0.25, 0.3) is 0 Å². The molecular formula is C12H18ClNO2S2. The van der Waals surface area contributed by atoms with Gasteiger partial charge in [-0.15, -0.1) is 22.9 Å². The molecule has 0 aromatic carbocycles. The minimum Gasteiger partial charge on any atom is -0.206 e. The molecule has 1 saturated heterocycles. The number of nitrogens with zero attached hydrogens (tertiary/aromatic N) is 1. The van der Waals surface area contributed by atoms with E-state index in [-0.39, 0.29) is 0 Å². The summed E-state index contributed by atoms with van der Waals surface area (Å²) >= 11 is 6.99. The van der Waals surface area contributed by atoms with Gasteiger partial charge in [0.25, 0.3) is 10.0 Å². The molecule has 0 radical (unpaired) electrons. The van der Waals surface area contributed by atoms with Crippen LogP contribution in [0.15, 0.2) is 15.7 Å². The summed E-state index contributed by atoms with van der Waals surface area (Å²) in [6.45, 7) is 1.30. The van der Waals surface area contributed by atoms with Gasteiger partial charge < -0.3 is 0 Å². The summed E-state index contributed by atoms with van der Waals surface area (Å²) in [5.41, 5.74) is 0.882. The first kappa shape index (κ1) is 14.3. The normalized spacial score (nSPS) is 19.4. The van der Waals surface area contributed by atoms with Crippen LogP contribution in [0.2, 0.25) is 0 Å². The Kier molecular flexibility index (Phi) is 5.06. The van der Waals surface area contributed by atoms with Gasteiger partial charge in [0.1, 0.15) is 4.21 Å². The molecule has 102 valence electrons. The Balaban J connectivity index is 2.17. The predicted octanol–water partition coefficient (Wildman–Crippen LogP) is 3.44. The third-order valence-corrected chi connectivity index (χ3v) is 6.86. The number of halogens is 1. The molecule has 6 heteroatoms. The van der Waals surface area contributed by atoms with Gasteiger partial charge in [-0.2, -0.15) is 4.31 Å². The average molecular weight is 308 g/mol. The van der Waals surface area contributed by atoms with E-state index in [9.17, 15) is 8.42 Å². The number of hydrogen-bond acceptors (Lipinski definition) is 3. The Labute approximate surface area is 118 Å². The molecule has 2 heterocycles. The van der Waals surface area contributed by atoms with E-state index in [1.54, 1.807) is 10.4 Å². The van der Waals surface area contributed by atoms with E-state index >= 15 is 0 Å². The standard InChI is InChI=1S/C12H18ClNO2S2/c13-9-11-8-12(17-10-11)18(15,16)14-6-4-2-1-3-5-7-14/h8,10H,1-7,9H2. The number of thiophene rings is 1. The van der Waals surface area contributed by atoms with Crippen LogP contribution in [0.3, 0.4) is 0 Å². The lowest BCUT2D eigenvalue weighted by Crippen LogP contribution is -2.33. The molecular weight excluding hydrogens is 290 g/mol. The van der Waals surface area contributed by atoms with Crippen molar-refractivity contribution in [1.82, 2.24) is 4.31 Å². The second-order valence-corrected chi connectivity index (χ2v) is 7.92. The van der Waals surface area contributed by atoms with Crippen molar-refractivity contribution in [1.29, 1.82) is 0 Å². The smallest absolute Gasteiger partial charge is 0.206 e. The molecule has 0 aliphatic carbocycles. The number of sulfonamides is 1. The third-order valence-electron chi connectivity index (χ3n) is 3.19. The minimum absolute atomic E-state index is 0.367. The van der Waals surface area contributed by atoms with E-state index in [4.69, 9.17) is 11.6 Å². The van der Waals surface area contributed by atoms with Crippen molar-refractivity contribution in [2.75, 3.05) is 13.1 Å². The van der Waals surface area contributed by atoms with Gasteiger partial charge in [-0.1, -0.05) is 19.3 Å². The van der Waals surface area contributed by atoms with Gasteiger partial charge >= 0.3 is 0 Å². The summed E-state index contributed by atoms with van der Waals surface area (Å²) in [6.07, 6.45) is 5.41. The maximum Gasteiger partial charge on any atom is 0.252 e. The minimum atomic E-state index is -3.30. The molecule has 0 amide bonds. The van der Waals surface area contributed by atoms with E-state index in [1.807, 2.05) is 5.38 Å². The van der Waals surface area contributed by atoms with Crippen LogP contribution >= 0.6 is 22.9 Å². The van der Waals surface area contributed by atoms with E-state index < -0.39 is 10.0 Å². The van der Waals surface area contributed by atoms with Crippen molar-refractivity contribution in [2.45, 2.75) is 42.2 Å². The molecule has 1 aliphatic rings. The summed E-state index contributed by atoms with van der Waals surface area (Å²) in [7, 11) is -3.30. The Morgan fingerprint density at radius 1 is 1.17 bits per heavy atom. The first-order chi connectivity index (χ1) is 8.64. The van der Waals surface area contributed by atoms with E-state index in [2.05, 4.69) is 0 Å². The average Bonchev–Trinajstić information content (AvgIpc) is 2.76. The Hall–Kier alpha value is -0.100. The monoisotopic (exact) mass is 307 g/mol. The van der Waals surface area contributed by atoms with E-state index in [1.165, 1.54) is 17.8 Å².